The lowest BCUT2D eigenvalue weighted by molar-refractivity contribution is -0.119. The number of para-hydroxylation sites is 1. The van der Waals surface area contributed by atoms with Gasteiger partial charge in [0.25, 0.3) is 5.91 Å². The molecule has 0 spiro atoms. The summed E-state index contributed by atoms with van der Waals surface area (Å²) >= 11 is 0. The fraction of sp³-hybridized carbons (Fsp3) is 0.143. The van der Waals surface area contributed by atoms with Gasteiger partial charge in [-0.05, 0) is 42.5 Å². The summed E-state index contributed by atoms with van der Waals surface area (Å²) in [5.74, 6) is 0.413. The van der Waals surface area contributed by atoms with E-state index < -0.39 is 0 Å². The normalized spacial score (nSPS) is 10.3. The van der Waals surface area contributed by atoms with Crippen LogP contribution < -0.4 is 15.5 Å². The van der Waals surface area contributed by atoms with Crippen LogP contribution in [-0.2, 0) is 11.3 Å². The summed E-state index contributed by atoms with van der Waals surface area (Å²) in [5.41, 5.74) is 2.07. The van der Waals surface area contributed by atoms with E-state index in [0.29, 0.717) is 23.6 Å². The van der Waals surface area contributed by atoms with Gasteiger partial charge in [-0.3, -0.25) is 9.59 Å². The van der Waals surface area contributed by atoms with E-state index in [1.165, 1.54) is 0 Å². The maximum absolute atomic E-state index is 12.7. The monoisotopic (exact) mass is 363 g/mol. The molecule has 6 nitrogen and oxygen atoms in total. The number of rotatable bonds is 7. The van der Waals surface area contributed by atoms with Gasteiger partial charge < -0.3 is 20.0 Å². The lowest BCUT2D eigenvalue weighted by Crippen LogP contribution is -2.29. The Morgan fingerprint density at radius 1 is 1.00 bits per heavy atom. The quantitative estimate of drug-likeness (QED) is 0.676. The second-order valence-corrected chi connectivity index (χ2v) is 5.99. The Labute approximate surface area is 157 Å². The van der Waals surface area contributed by atoms with Crippen LogP contribution in [0.5, 0.6) is 0 Å². The first-order valence-electron chi connectivity index (χ1n) is 8.59. The van der Waals surface area contributed by atoms with Gasteiger partial charge in [-0.1, -0.05) is 24.3 Å². The molecule has 0 bridgehead atoms. The Hall–Kier alpha value is -3.54. The number of hydrogen-bond donors (Lipinski definition) is 2. The Morgan fingerprint density at radius 3 is 2.56 bits per heavy atom. The number of amides is 2. The second-order valence-electron chi connectivity index (χ2n) is 5.99. The highest BCUT2D eigenvalue weighted by Crippen LogP contribution is 2.17. The molecule has 0 fully saturated rings. The molecule has 0 saturated carbocycles. The third-order valence-electron chi connectivity index (χ3n) is 4.05. The Balaban J connectivity index is 1.56. The zero-order chi connectivity index (χ0) is 19.1. The largest absolute Gasteiger partial charge is 0.467 e. The smallest absolute Gasteiger partial charge is 0.258 e. The molecule has 0 radical (unpaired) electrons. The summed E-state index contributed by atoms with van der Waals surface area (Å²) in [6.45, 7) is 0.445. The molecule has 1 heterocycles. The molecule has 0 aliphatic carbocycles. The van der Waals surface area contributed by atoms with Crippen LogP contribution in [0.1, 0.15) is 16.1 Å². The number of hydrogen-bond acceptors (Lipinski definition) is 4. The average molecular weight is 363 g/mol. The van der Waals surface area contributed by atoms with Crippen LogP contribution in [0, 0.1) is 0 Å². The van der Waals surface area contributed by atoms with Crippen LogP contribution in [0.15, 0.2) is 77.4 Å². The third-order valence-corrected chi connectivity index (χ3v) is 4.05. The fourth-order valence-electron chi connectivity index (χ4n) is 2.57. The topological polar surface area (TPSA) is 74.6 Å². The fourth-order valence-corrected chi connectivity index (χ4v) is 2.57. The van der Waals surface area contributed by atoms with Gasteiger partial charge in [-0.15, -0.1) is 0 Å². The number of benzene rings is 2. The first-order chi connectivity index (χ1) is 13.1. The molecule has 0 aliphatic heterocycles. The lowest BCUT2D eigenvalue weighted by Gasteiger charge is -2.18. The van der Waals surface area contributed by atoms with Crippen LogP contribution in [0.4, 0.5) is 11.4 Å². The minimum absolute atomic E-state index is 0.104. The van der Waals surface area contributed by atoms with Crippen molar-refractivity contribution >= 4 is 23.2 Å². The summed E-state index contributed by atoms with van der Waals surface area (Å²) in [6, 6.07) is 20.1. The molecule has 0 atom stereocenters. The van der Waals surface area contributed by atoms with Gasteiger partial charge in [0, 0.05) is 24.0 Å². The molecule has 0 aliphatic rings. The number of nitrogens with one attached hydrogen (secondary N) is 2. The van der Waals surface area contributed by atoms with Gasteiger partial charge in [0.05, 0.1) is 19.4 Å². The number of furan rings is 1. The lowest BCUT2D eigenvalue weighted by atomic mass is 10.1. The molecule has 0 unspecified atom stereocenters. The van der Waals surface area contributed by atoms with Crippen LogP contribution in [0.25, 0.3) is 0 Å². The molecule has 2 N–H and O–H groups in total. The summed E-state index contributed by atoms with van der Waals surface area (Å²) in [6.07, 6.45) is 1.56. The number of carbonyl (C=O) groups is 2. The molecule has 2 amide bonds. The summed E-state index contributed by atoms with van der Waals surface area (Å²) < 4.78 is 5.17. The van der Waals surface area contributed by atoms with E-state index in [-0.39, 0.29) is 18.4 Å². The van der Waals surface area contributed by atoms with Gasteiger partial charge >= 0.3 is 0 Å². The van der Waals surface area contributed by atoms with E-state index in [4.69, 9.17) is 4.42 Å². The Morgan fingerprint density at radius 2 is 1.81 bits per heavy atom. The van der Waals surface area contributed by atoms with E-state index in [1.54, 1.807) is 48.5 Å². The predicted molar refractivity (Wildman–Crippen MR) is 105 cm³/mol. The van der Waals surface area contributed by atoms with Crippen LogP contribution >= 0.6 is 0 Å². The highest BCUT2D eigenvalue weighted by molar-refractivity contribution is 6.06. The molecule has 3 aromatic rings. The van der Waals surface area contributed by atoms with E-state index in [1.807, 2.05) is 36.4 Å². The molecular weight excluding hydrogens is 342 g/mol. The Kier molecular flexibility index (Phi) is 5.89. The molecular formula is C21H21N3O3. The standard InChI is InChI=1S/C21H21N3O3/c1-24(18-9-3-2-4-10-18)21(26)16-7-5-8-17(13-16)22-15-20(25)23-14-19-11-6-12-27-19/h2-13,22H,14-15H2,1H3,(H,23,25). The molecule has 1 aromatic heterocycles. The average Bonchev–Trinajstić information content (AvgIpc) is 3.24. The van der Waals surface area contributed by atoms with E-state index in [0.717, 1.165) is 5.69 Å². The van der Waals surface area contributed by atoms with Crippen molar-refractivity contribution < 1.29 is 14.0 Å². The molecule has 27 heavy (non-hydrogen) atoms. The zero-order valence-corrected chi connectivity index (χ0v) is 15.0. The molecule has 6 heteroatoms. The van der Waals surface area contributed by atoms with Gasteiger partial charge in [-0.2, -0.15) is 0 Å². The van der Waals surface area contributed by atoms with Gasteiger partial charge in [-0.25, -0.2) is 0 Å². The van der Waals surface area contributed by atoms with Crippen molar-refractivity contribution in [2.24, 2.45) is 0 Å². The predicted octanol–water partition coefficient (Wildman–Crippen LogP) is 3.28. The maximum atomic E-state index is 12.7. The van der Waals surface area contributed by atoms with Gasteiger partial charge in [0.2, 0.25) is 5.91 Å². The number of anilines is 2. The minimum atomic E-state index is -0.162. The molecule has 138 valence electrons. The summed E-state index contributed by atoms with van der Waals surface area (Å²) in [5, 5.41) is 5.80. The van der Waals surface area contributed by atoms with E-state index in [2.05, 4.69) is 10.6 Å². The zero-order valence-electron chi connectivity index (χ0n) is 15.0. The third kappa shape index (κ3) is 4.98. The van der Waals surface area contributed by atoms with E-state index >= 15 is 0 Å². The van der Waals surface area contributed by atoms with Crippen molar-refractivity contribution in [3.63, 3.8) is 0 Å². The SMILES string of the molecule is CN(C(=O)c1cccc(NCC(=O)NCc2ccco2)c1)c1ccccc1. The summed E-state index contributed by atoms with van der Waals surface area (Å²) in [7, 11) is 1.74. The number of carbonyl (C=O) groups excluding carboxylic acids is 2. The van der Waals surface area contributed by atoms with Crippen molar-refractivity contribution in [3.8, 4) is 0 Å². The van der Waals surface area contributed by atoms with Crippen molar-refractivity contribution in [3.05, 3.63) is 84.3 Å². The second kappa shape index (κ2) is 8.71. The first kappa shape index (κ1) is 18.3. The maximum Gasteiger partial charge on any atom is 0.258 e. The highest BCUT2D eigenvalue weighted by atomic mass is 16.3. The van der Waals surface area contributed by atoms with Crippen LogP contribution in [-0.4, -0.2) is 25.4 Å². The van der Waals surface area contributed by atoms with Crippen LogP contribution in [0.3, 0.4) is 0 Å². The Bertz CT molecular complexity index is 892. The molecule has 2 aromatic carbocycles. The minimum Gasteiger partial charge on any atom is -0.467 e. The van der Waals surface area contributed by atoms with Crippen molar-refractivity contribution in [1.29, 1.82) is 0 Å². The van der Waals surface area contributed by atoms with E-state index in [9.17, 15) is 9.59 Å². The molecule has 0 saturated heterocycles. The van der Waals surface area contributed by atoms with Gasteiger partial charge in [0.1, 0.15) is 5.76 Å². The van der Waals surface area contributed by atoms with Crippen molar-refractivity contribution in [2.45, 2.75) is 6.54 Å². The number of nitrogens with zero attached hydrogens (tertiary/aromatic N) is 1. The van der Waals surface area contributed by atoms with Crippen molar-refractivity contribution in [1.82, 2.24) is 5.32 Å². The molecule has 3 rings (SSSR count). The highest BCUT2D eigenvalue weighted by Gasteiger charge is 2.13. The van der Waals surface area contributed by atoms with Crippen molar-refractivity contribution in [2.75, 3.05) is 23.8 Å². The van der Waals surface area contributed by atoms with Crippen LogP contribution in [0.2, 0.25) is 0 Å². The first-order valence-corrected chi connectivity index (χ1v) is 8.59. The summed E-state index contributed by atoms with van der Waals surface area (Å²) in [4.78, 5) is 26.2. The van der Waals surface area contributed by atoms with Gasteiger partial charge in [0.15, 0.2) is 0 Å².